The van der Waals surface area contributed by atoms with Gasteiger partial charge in [-0.15, -0.1) is 10.2 Å². The van der Waals surface area contributed by atoms with Crippen molar-refractivity contribution in [3.8, 4) is 11.3 Å². The van der Waals surface area contributed by atoms with Crippen LogP contribution in [0.4, 0.5) is 14.6 Å². The maximum absolute atomic E-state index is 13.4. The number of hydrogen-bond donors (Lipinski definition) is 1. The number of halogens is 2. The molecule has 0 spiro atoms. The summed E-state index contributed by atoms with van der Waals surface area (Å²) in [6.45, 7) is 2.68. The molecule has 21 heavy (non-hydrogen) atoms. The molecule has 3 nitrogen and oxygen atoms in total. The SMILES string of the molecule is CCNc1nnc(-c2cc(F)cc(F)c2)c2ccccc12. The van der Waals surface area contributed by atoms with Gasteiger partial charge < -0.3 is 5.32 Å². The summed E-state index contributed by atoms with van der Waals surface area (Å²) in [6.07, 6.45) is 0. The van der Waals surface area contributed by atoms with Crippen LogP contribution in [0.3, 0.4) is 0 Å². The fourth-order valence-electron chi connectivity index (χ4n) is 2.31. The second kappa shape index (κ2) is 5.44. The predicted molar refractivity (Wildman–Crippen MR) is 79.1 cm³/mol. The summed E-state index contributed by atoms with van der Waals surface area (Å²) in [7, 11) is 0. The van der Waals surface area contributed by atoms with Crippen molar-refractivity contribution in [2.24, 2.45) is 0 Å². The van der Waals surface area contributed by atoms with Gasteiger partial charge in [0.05, 0.1) is 0 Å². The zero-order chi connectivity index (χ0) is 14.8. The van der Waals surface area contributed by atoms with Crippen molar-refractivity contribution in [3.05, 3.63) is 54.1 Å². The summed E-state index contributed by atoms with van der Waals surface area (Å²) in [5.41, 5.74) is 0.838. The summed E-state index contributed by atoms with van der Waals surface area (Å²) >= 11 is 0. The molecule has 3 aromatic rings. The van der Waals surface area contributed by atoms with E-state index in [1.54, 1.807) is 0 Å². The molecule has 0 bridgehead atoms. The van der Waals surface area contributed by atoms with E-state index in [1.165, 1.54) is 12.1 Å². The molecular formula is C16H13F2N3. The normalized spacial score (nSPS) is 10.8. The van der Waals surface area contributed by atoms with E-state index in [9.17, 15) is 8.78 Å². The van der Waals surface area contributed by atoms with E-state index in [1.807, 2.05) is 31.2 Å². The molecule has 3 rings (SSSR count). The number of benzene rings is 2. The van der Waals surface area contributed by atoms with E-state index in [-0.39, 0.29) is 0 Å². The second-order valence-corrected chi connectivity index (χ2v) is 4.63. The van der Waals surface area contributed by atoms with Gasteiger partial charge in [0.25, 0.3) is 0 Å². The lowest BCUT2D eigenvalue weighted by molar-refractivity contribution is 0.584. The minimum atomic E-state index is -0.633. The van der Waals surface area contributed by atoms with Crippen LogP contribution in [-0.4, -0.2) is 16.7 Å². The third-order valence-electron chi connectivity index (χ3n) is 3.17. The molecule has 2 aromatic carbocycles. The van der Waals surface area contributed by atoms with Crippen LogP contribution in [-0.2, 0) is 0 Å². The third-order valence-corrected chi connectivity index (χ3v) is 3.17. The van der Waals surface area contributed by atoms with Gasteiger partial charge in [-0.05, 0) is 19.1 Å². The number of rotatable bonds is 3. The first-order chi connectivity index (χ1) is 10.2. The summed E-state index contributed by atoms with van der Waals surface area (Å²) in [5.74, 6) is -0.605. The number of nitrogens with one attached hydrogen (secondary N) is 1. The van der Waals surface area contributed by atoms with Crippen LogP contribution in [0.25, 0.3) is 22.0 Å². The molecule has 0 saturated carbocycles. The maximum Gasteiger partial charge on any atom is 0.156 e. The maximum atomic E-state index is 13.4. The molecule has 0 unspecified atom stereocenters. The molecule has 5 heteroatoms. The van der Waals surface area contributed by atoms with Crippen molar-refractivity contribution >= 4 is 16.6 Å². The van der Waals surface area contributed by atoms with Gasteiger partial charge in [0.15, 0.2) is 5.82 Å². The molecule has 0 atom stereocenters. The summed E-state index contributed by atoms with van der Waals surface area (Å²) in [4.78, 5) is 0. The minimum absolute atomic E-state index is 0.374. The second-order valence-electron chi connectivity index (χ2n) is 4.63. The number of hydrogen-bond acceptors (Lipinski definition) is 3. The largest absolute Gasteiger partial charge is 0.368 e. The van der Waals surface area contributed by atoms with Crippen LogP contribution in [0.15, 0.2) is 42.5 Å². The van der Waals surface area contributed by atoms with E-state index in [0.29, 0.717) is 23.6 Å². The Kier molecular flexibility index (Phi) is 3.48. The van der Waals surface area contributed by atoms with Gasteiger partial charge >= 0.3 is 0 Å². The Labute approximate surface area is 120 Å². The third kappa shape index (κ3) is 2.54. The Morgan fingerprint density at radius 3 is 2.29 bits per heavy atom. The lowest BCUT2D eigenvalue weighted by Gasteiger charge is -2.10. The average Bonchev–Trinajstić information content (AvgIpc) is 2.47. The smallest absolute Gasteiger partial charge is 0.156 e. The van der Waals surface area contributed by atoms with Crippen LogP contribution >= 0.6 is 0 Å². The number of fused-ring (bicyclic) bond motifs is 1. The van der Waals surface area contributed by atoms with Crippen molar-refractivity contribution in [1.82, 2.24) is 10.2 Å². The van der Waals surface area contributed by atoms with Crippen LogP contribution in [0.5, 0.6) is 0 Å². The predicted octanol–water partition coefficient (Wildman–Crippen LogP) is 4.01. The Bertz CT molecular complexity index is 782. The first-order valence-corrected chi connectivity index (χ1v) is 6.65. The Balaban J connectivity index is 2.26. The number of anilines is 1. The molecule has 1 aromatic heterocycles. The van der Waals surface area contributed by atoms with Crippen molar-refractivity contribution in [3.63, 3.8) is 0 Å². The zero-order valence-electron chi connectivity index (χ0n) is 11.4. The summed E-state index contributed by atoms with van der Waals surface area (Å²) in [6, 6.07) is 10.9. The van der Waals surface area contributed by atoms with E-state index < -0.39 is 11.6 Å². The molecule has 0 amide bonds. The van der Waals surface area contributed by atoms with Crippen molar-refractivity contribution in [2.45, 2.75) is 6.92 Å². The highest BCUT2D eigenvalue weighted by Gasteiger charge is 2.12. The first-order valence-electron chi connectivity index (χ1n) is 6.65. The molecular weight excluding hydrogens is 272 g/mol. The van der Waals surface area contributed by atoms with Gasteiger partial charge in [-0.3, -0.25) is 0 Å². The van der Waals surface area contributed by atoms with Gasteiger partial charge in [-0.2, -0.15) is 0 Å². The lowest BCUT2D eigenvalue weighted by atomic mass is 10.0. The molecule has 106 valence electrons. The molecule has 0 fully saturated rings. The molecule has 0 saturated heterocycles. The molecule has 1 heterocycles. The lowest BCUT2D eigenvalue weighted by Crippen LogP contribution is -2.03. The fraction of sp³-hybridized carbons (Fsp3) is 0.125. The van der Waals surface area contributed by atoms with E-state index >= 15 is 0 Å². The minimum Gasteiger partial charge on any atom is -0.368 e. The van der Waals surface area contributed by atoms with Gasteiger partial charge in [0.2, 0.25) is 0 Å². The monoisotopic (exact) mass is 285 g/mol. The molecule has 1 N–H and O–H groups in total. The molecule has 0 aliphatic heterocycles. The highest BCUT2D eigenvalue weighted by molar-refractivity contribution is 5.99. The van der Waals surface area contributed by atoms with Gasteiger partial charge in [-0.1, -0.05) is 24.3 Å². The Hall–Kier alpha value is -2.56. The van der Waals surface area contributed by atoms with E-state index in [4.69, 9.17) is 0 Å². The van der Waals surface area contributed by atoms with Crippen LogP contribution in [0.1, 0.15) is 6.92 Å². The Morgan fingerprint density at radius 2 is 1.62 bits per heavy atom. The van der Waals surface area contributed by atoms with Crippen molar-refractivity contribution in [2.75, 3.05) is 11.9 Å². The Morgan fingerprint density at radius 1 is 0.952 bits per heavy atom. The molecule has 0 aliphatic carbocycles. The van der Waals surface area contributed by atoms with E-state index in [2.05, 4.69) is 15.5 Å². The standard InChI is InChI=1S/C16H13F2N3/c1-2-19-16-14-6-4-3-5-13(14)15(20-21-16)10-7-11(17)9-12(18)8-10/h3-9H,2H2,1H3,(H,19,21). The summed E-state index contributed by atoms with van der Waals surface area (Å²) < 4.78 is 26.8. The topological polar surface area (TPSA) is 37.8 Å². The van der Waals surface area contributed by atoms with E-state index in [0.717, 1.165) is 16.8 Å². The van der Waals surface area contributed by atoms with Gasteiger partial charge in [0, 0.05) is 28.9 Å². The molecule has 0 radical (unpaired) electrons. The fourth-order valence-corrected chi connectivity index (χ4v) is 2.31. The van der Waals surface area contributed by atoms with Gasteiger partial charge in [-0.25, -0.2) is 8.78 Å². The van der Waals surface area contributed by atoms with Gasteiger partial charge in [0.1, 0.15) is 17.3 Å². The van der Waals surface area contributed by atoms with Crippen molar-refractivity contribution < 1.29 is 8.78 Å². The summed E-state index contributed by atoms with van der Waals surface area (Å²) in [5, 5.41) is 13.1. The number of nitrogens with zero attached hydrogens (tertiary/aromatic N) is 2. The first kappa shape index (κ1) is 13.4. The zero-order valence-corrected chi connectivity index (χ0v) is 11.4. The number of aromatic nitrogens is 2. The van der Waals surface area contributed by atoms with Crippen LogP contribution in [0.2, 0.25) is 0 Å². The van der Waals surface area contributed by atoms with Crippen molar-refractivity contribution in [1.29, 1.82) is 0 Å². The quantitative estimate of drug-likeness (QED) is 0.790. The van der Waals surface area contributed by atoms with Crippen LogP contribution < -0.4 is 5.32 Å². The van der Waals surface area contributed by atoms with Crippen LogP contribution in [0, 0.1) is 11.6 Å². The average molecular weight is 285 g/mol. The highest BCUT2D eigenvalue weighted by Crippen LogP contribution is 2.30. The molecule has 0 aliphatic rings. The highest BCUT2D eigenvalue weighted by atomic mass is 19.1.